The van der Waals surface area contributed by atoms with Crippen molar-refractivity contribution in [3.05, 3.63) is 12.3 Å². The van der Waals surface area contributed by atoms with Gasteiger partial charge >= 0.3 is 0 Å². The van der Waals surface area contributed by atoms with E-state index in [1.54, 1.807) is 19.4 Å². The molecule has 17 heavy (non-hydrogen) atoms. The largest absolute Gasteiger partial charge is 0.481 e. The fourth-order valence-corrected chi connectivity index (χ4v) is 1.50. The number of nitrogens with two attached hydrogens (primary N) is 1. The van der Waals surface area contributed by atoms with Crippen LogP contribution in [-0.2, 0) is 0 Å². The van der Waals surface area contributed by atoms with Crippen molar-refractivity contribution in [1.29, 1.82) is 0 Å². The standard InChI is InChI=1S/C12H22N4O/c1-5-16(9-12(2,3)8-13)11-14-7-6-10(15-11)17-4/h6-7H,5,8-9,13H2,1-4H3. The quantitative estimate of drug-likeness (QED) is 0.809. The Labute approximate surface area is 103 Å². The zero-order valence-corrected chi connectivity index (χ0v) is 11.1. The van der Waals surface area contributed by atoms with Crippen LogP contribution in [0.15, 0.2) is 12.3 Å². The smallest absolute Gasteiger partial charge is 0.228 e. The Morgan fingerprint density at radius 3 is 2.71 bits per heavy atom. The fraction of sp³-hybridized carbons (Fsp3) is 0.667. The predicted octanol–water partition coefficient (Wildman–Crippen LogP) is 1.30. The minimum absolute atomic E-state index is 0.0441. The maximum absolute atomic E-state index is 5.75. The van der Waals surface area contributed by atoms with Gasteiger partial charge in [0.05, 0.1) is 7.11 Å². The van der Waals surface area contributed by atoms with E-state index in [1.165, 1.54) is 0 Å². The van der Waals surface area contributed by atoms with E-state index in [9.17, 15) is 0 Å². The normalized spacial score (nSPS) is 11.4. The molecule has 0 saturated heterocycles. The SMILES string of the molecule is CCN(CC(C)(C)CN)c1nccc(OC)n1. The summed E-state index contributed by atoms with van der Waals surface area (Å²) in [7, 11) is 1.60. The van der Waals surface area contributed by atoms with Gasteiger partial charge in [-0.25, -0.2) is 4.98 Å². The Morgan fingerprint density at radius 2 is 2.18 bits per heavy atom. The average Bonchev–Trinajstić information content (AvgIpc) is 2.36. The highest BCUT2D eigenvalue weighted by Gasteiger charge is 2.21. The van der Waals surface area contributed by atoms with Crippen molar-refractivity contribution in [1.82, 2.24) is 9.97 Å². The molecule has 0 bridgehead atoms. The predicted molar refractivity (Wildman–Crippen MR) is 69.3 cm³/mol. The summed E-state index contributed by atoms with van der Waals surface area (Å²) in [4.78, 5) is 10.7. The summed E-state index contributed by atoms with van der Waals surface area (Å²) in [5.74, 6) is 1.27. The molecule has 0 aliphatic carbocycles. The first-order chi connectivity index (χ1) is 8.02. The van der Waals surface area contributed by atoms with Crippen LogP contribution < -0.4 is 15.4 Å². The molecule has 0 aliphatic rings. The highest BCUT2D eigenvalue weighted by molar-refractivity contribution is 5.32. The molecule has 0 spiro atoms. The molecule has 1 aromatic rings. The van der Waals surface area contributed by atoms with Crippen LogP contribution in [0.25, 0.3) is 0 Å². The van der Waals surface area contributed by atoms with Crippen LogP contribution in [0.4, 0.5) is 5.95 Å². The van der Waals surface area contributed by atoms with Crippen molar-refractivity contribution in [3.63, 3.8) is 0 Å². The van der Waals surface area contributed by atoms with Gasteiger partial charge in [-0.2, -0.15) is 4.98 Å². The zero-order valence-electron chi connectivity index (χ0n) is 11.1. The number of anilines is 1. The monoisotopic (exact) mass is 238 g/mol. The Hall–Kier alpha value is -1.36. The lowest BCUT2D eigenvalue weighted by atomic mass is 9.93. The third-order valence-corrected chi connectivity index (χ3v) is 2.66. The lowest BCUT2D eigenvalue weighted by Gasteiger charge is -2.31. The third-order valence-electron chi connectivity index (χ3n) is 2.66. The van der Waals surface area contributed by atoms with E-state index in [2.05, 4.69) is 35.6 Å². The van der Waals surface area contributed by atoms with Crippen molar-refractivity contribution in [2.75, 3.05) is 31.6 Å². The van der Waals surface area contributed by atoms with Gasteiger partial charge in [-0.05, 0) is 18.9 Å². The van der Waals surface area contributed by atoms with Gasteiger partial charge in [0, 0.05) is 25.4 Å². The van der Waals surface area contributed by atoms with E-state index in [0.717, 1.165) is 13.1 Å². The van der Waals surface area contributed by atoms with Gasteiger partial charge in [0.15, 0.2) is 0 Å². The number of ether oxygens (including phenoxy) is 1. The molecule has 0 radical (unpaired) electrons. The topological polar surface area (TPSA) is 64.3 Å². The van der Waals surface area contributed by atoms with Gasteiger partial charge in [-0.1, -0.05) is 13.8 Å². The Morgan fingerprint density at radius 1 is 1.47 bits per heavy atom. The summed E-state index contributed by atoms with van der Waals surface area (Å²) < 4.78 is 5.10. The molecule has 5 nitrogen and oxygen atoms in total. The summed E-state index contributed by atoms with van der Waals surface area (Å²) in [5, 5.41) is 0. The van der Waals surface area contributed by atoms with Gasteiger partial charge in [-0.15, -0.1) is 0 Å². The maximum Gasteiger partial charge on any atom is 0.228 e. The summed E-state index contributed by atoms with van der Waals surface area (Å²) in [5.41, 5.74) is 5.80. The van der Waals surface area contributed by atoms with Gasteiger partial charge < -0.3 is 15.4 Å². The summed E-state index contributed by atoms with van der Waals surface area (Å²) >= 11 is 0. The molecule has 0 aliphatic heterocycles. The van der Waals surface area contributed by atoms with Crippen LogP contribution in [0.5, 0.6) is 5.88 Å². The van der Waals surface area contributed by atoms with Crippen molar-refractivity contribution in [2.45, 2.75) is 20.8 Å². The van der Waals surface area contributed by atoms with Crippen LogP contribution >= 0.6 is 0 Å². The molecule has 0 amide bonds. The van der Waals surface area contributed by atoms with E-state index in [1.807, 2.05) is 0 Å². The molecular weight excluding hydrogens is 216 g/mol. The summed E-state index contributed by atoms with van der Waals surface area (Å²) in [6.45, 7) is 8.65. The molecular formula is C12H22N4O. The average molecular weight is 238 g/mol. The van der Waals surface area contributed by atoms with Crippen LogP contribution in [-0.4, -0.2) is 36.7 Å². The van der Waals surface area contributed by atoms with E-state index in [0.29, 0.717) is 18.4 Å². The molecule has 96 valence electrons. The van der Waals surface area contributed by atoms with E-state index in [4.69, 9.17) is 10.5 Å². The second-order valence-corrected chi connectivity index (χ2v) is 4.78. The van der Waals surface area contributed by atoms with Gasteiger partial charge in [0.2, 0.25) is 11.8 Å². The number of rotatable bonds is 6. The molecule has 0 fully saturated rings. The first kappa shape index (κ1) is 13.7. The number of hydrogen-bond acceptors (Lipinski definition) is 5. The molecule has 0 atom stereocenters. The first-order valence-electron chi connectivity index (χ1n) is 5.84. The van der Waals surface area contributed by atoms with Crippen LogP contribution in [0, 0.1) is 5.41 Å². The number of nitrogens with zero attached hydrogens (tertiary/aromatic N) is 3. The number of methoxy groups -OCH3 is 1. The van der Waals surface area contributed by atoms with Gasteiger partial charge in [-0.3, -0.25) is 0 Å². The molecule has 0 saturated carbocycles. The number of hydrogen-bond donors (Lipinski definition) is 1. The molecule has 1 heterocycles. The second kappa shape index (κ2) is 5.82. The zero-order chi connectivity index (χ0) is 12.9. The third kappa shape index (κ3) is 3.85. The van der Waals surface area contributed by atoms with Crippen LogP contribution in [0.2, 0.25) is 0 Å². The molecule has 2 N–H and O–H groups in total. The Bertz CT molecular complexity index is 354. The lowest BCUT2D eigenvalue weighted by Crippen LogP contribution is -2.39. The van der Waals surface area contributed by atoms with Gasteiger partial charge in [0.1, 0.15) is 0 Å². The van der Waals surface area contributed by atoms with Gasteiger partial charge in [0.25, 0.3) is 0 Å². The molecule has 0 aromatic carbocycles. The van der Waals surface area contributed by atoms with Crippen molar-refractivity contribution in [3.8, 4) is 5.88 Å². The highest BCUT2D eigenvalue weighted by atomic mass is 16.5. The highest BCUT2D eigenvalue weighted by Crippen LogP contribution is 2.19. The van der Waals surface area contributed by atoms with E-state index < -0.39 is 0 Å². The fourth-order valence-electron chi connectivity index (χ4n) is 1.50. The first-order valence-corrected chi connectivity index (χ1v) is 5.84. The minimum Gasteiger partial charge on any atom is -0.481 e. The molecule has 0 unspecified atom stereocenters. The summed E-state index contributed by atoms with van der Waals surface area (Å²) in [6.07, 6.45) is 1.71. The Kier molecular flexibility index (Phi) is 4.69. The van der Waals surface area contributed by atoms with Crippen molar-refractivity contribution in [2.24, 2.45) is 11.1 Å². The van der Waals surface area contributed by atoms with Crippen molar-refractivity contribution >= 4 is 5.95 Å². The molecule has 1 rings (SSSR count). The van der Waals surface area contributed by atoms with Crippen LogP contribution in [0.1, 0.15) is 20.8 Å². The number of aromatic nitrogens is 2. The lowest BCUT2D eigenvalue weighted by molar-refractivity contribution is 0.373. The molecule has 1 aromatic heterocycles. The molecule has 5 heteroatoms. The van der Waals surface area contributed by atoms with E-state index >= 15 is 0 Å². The minimum atomic E-state index is 0.0441. The second-order valence-electron chi connectivity index (χ2n) is 4.78. The maximum atomic E-state index is 5.75. The summed E-state index contributed by atoms with van der Waals surface area (Å²) in [6, 6.07) is 1.74. The Balaban J connectivity index is 2.86. The van der Waals surface area contributed by atoms with Crippen LogP contribution in [0.3, 0.4) is 0 Å². The van der Waals surface area contributed by atoms with Crippen molar-refractivity contribution < 1.29 is 4.74 Å². The van der Waals surface area contributed by atoms with E-state index in [-0.39, 0.29) is 5.41 Å².